The molecular weight excluding hydrogens is 432 g/mol. The summed E-state index contributed by atoms with van der Waals surface area (Å²) in [4.78, 5) is 2.61. The van der Waals surface area contributed by atoms with Crippen molar-refractivity contribution in [2.45, 2.75) is 53.5 Å². The topological polar surface area (TPSA) is 18.5 Å². The fourth-order valence-corrected chi connectivity index (χ4v) is 7.21. The highest BCUT2D eigenvalue weighted by molar-refractivity contribution is 7.99. The summed E-state index contributed by atoms with van der Waals surface area (Å²) >= 11 is 1.89. The van der Waals surface area contributed by atoms with Crippen molar-refractivity contribution < 1.29 is 9.47 Å². The van der Waals surface area contributed by atoms with E-state index in [0.29, 0.717) is 0 Å². The molecule has 0 spiro atoms. The minimum absolute atomic E-state index is 0.171. The molecule has 4 aromatic rings. The maximum absolute atomic E-state index is 5.89. The maximum atomic E-state index is 5.89. The lowest BCUT2D eigenvalue weighted by atomic mass is 10.3. The van der Waals surface area contributed by atoms with E-state index in [1.807, 2.05) is 11.3 Å². The zero-order chi connectivity index (χ0) is 22.2. The van der Waals surface area contributed by atoms with Gasteiger partial charge in [-0.3, -0.25) is 0 Å². The van der Waals surface area contributed by atoms with Crippen LogP contribution in [0.5, 0.6) is 11.5 Å². The smallest absolute Gasteiger partial charge is 0.221 e. The van der Waals surface area contributed by atoms with Crippen LogP contribution in [0.3, 0.4) is 0 Å². The number of hydrogen-bond acceptors (Lipinski definition) is 3. The first-order valence-electron chi connectivity index (χ1n) is 11.5. The molecule has 0 saturated heterocycles. The predicted molar refractivity (Wildman–Crippen MR) is 138 cm³/mol. The summed E-state index contributed by atoms with van der Waals surface area (Å²) in [5.74, 6) is 1.89. The largest absolute Gasteiger partial charge is 0.494 e. The molecule has 0 atom stereocenters. The van der Waals surface area contributed by atoms with Crippen LogP contribution in [0, 0.1) is 0 Å². The Morgan fingerprint density at radius 2 is 1.22 bits per heavy atom. The zero-order valence-electron chi connectivity index (χ0n) is 18.9. The van der Waals surface area contributed by atoms with Gasteiger partial charge in [0.2, 0.25) is 4.21 Å². The lowest BCUT2D eigenvalue weighted by Crippen LogP contribution is -2.04. The molecule has 3 aromatic carbocycles. The van der Waals surface area contributed by atoms with Gasteiger partial charge in [0.1, 0.15) is 22.4 Å². The Morgan fingerprint density at radius 1 is 0.688 bits per heavy atom. The molecule has 0 N–H and O–H groups in total. The van der Waals surface area contributed by atoms with Gasteiger partial charge in [-0.15, -0.1) is 0 Å². The maximum Gasteiger partial charge on any atom is 0.221 e. The Hall–Kier alpha value is -2.43. The number of fused-ring (bicyclic) bond motifs is 1. The standard InChI is InChI=1S/C28H31O2S2/c1-3-5-19-29-23-11-15-25(16-12-23)32(28-21-22-9-7-8-10-27(22)31-28)26-17-13-24(14-18-26)30-20-6-4-2/h7-18,21H,3-6,19-20H2,1-2H3/q+1. The van der Waals surface area contributed by atoms with Gasteiger partial charge in [-0.2, -0.15) is 0 Å². The summed E-state index contributed by atoms with van der Waals surface area (Å²) in [6.45, 7) is 5.92. The molecule has 0 fully saturated rings. The van der Waals surface area contributed by atoms with Crippen molar-refractivity contribution in [2.24, 2.45) is 0 Å². The normalized spacial score (nSPS) is 11.2. The van der Waals surface area contributed by atoms with E-state index in [2.05, 4.69) is 92.7 Å². The Kier molecular flexibility index (Phi) is 8.13. The summed E-state index contributed by atoms with van der Waals surface area (Å²) in [5, 5.41) is 1.31. The van der Waals surface area contributed by atoms with Crippen LogP contribution in [0.2, 0.25) is 0 Å². The highest BCUT2D eigenvalue weighted by atomic mass is 32.2. The first-order chi connectivity index (χ1) is 15.8. The fourth-order valence-electron chi connectivity index (χ4n) is 3.44. The van der Waals surface area contributed by atoms with E-state index in [4.69, 9.17) is 9.47 Å². The van der Waals surface area contributed by atoms with E-state index < -0.39 is 0 Å². The van der Waals surface area contributed by atoms with Crippen LogP contribution in [0.4, 0.5) is 0 Å². The highest BCUT2D eigenvalue weighted by Gasteiger charge is 2.31. The van der Waals surface area contributed by atoms with Crippen LogP contribution in [-0.2, 0) is 10.9 Å². The molecule has 1 aromatic heterocycles. The molecule has 166 valence electrons. The third-order valence-corrected chi connectivity index (χ3v) is 8.92. The summed E-state index contributed by atoms with van der Waals surface area (Å²) in [6.07, 6.45) is 4.46. The Balaban J connectivity index is 1.64. The number of ether oxygens (including phenoxy) is 2. The number of thiophene rings is 1. The molecular formula is C28H31O2S2+. The molecule has 0 amide bonds. The van der Waals surface area contributed by atoms with Crippen LogP contribution in [0.15, 0.2) is 92.9 Å². The zero-order valence-corrected chi connectivity index (χ0v) is 20.5. The van der Waals surface area contributed by atoms with Crippen molar-refractivity contribution in [1.29, 1.82) is 0 Å². The molecule has 2 nitrogen and oxygen atoms in total. The molecule has 0 aliphatic rings. The summed E-state index contributed by atoms with van der Waals surface area (Å²) in [6, 6.07) is 28.3. The van der Waals surface area contributed by atoms with Gasteiger partial charge in [-0.05, 0) is 72.8 Å². The van der Waals surface area contributed by atoms with Crippen LogP contribution in [-0.4, -0.2) is 13.2 Å². The second-order valence-electron chi connectivity index (χ2n) is 7.76. The van der Waals surface area contributed by atoms with Crippen LogP contribution < -0.4 is 9.47 Å². The lowest BCUT2D eigenvalue weighted by molar-refractivity contribution is 0.309. The van der Waals surface area contributed by atoms with Crippen molar-refractivity contribution in [3.05, 3.63) is 78.9 Å². The molecule has 0 aliphatic heterocycles. The molecule has 0 bridgehead atoms. The van der Waals surface area contributed by atoms with Crippen molar-refractivity contribution in [1.82, 2.24) is 0 Å². The van der Waals surface area contributed by atoms with Crippen molar-refractivity contribution in [3.63, 3.8) is 0 Å². The van der Waals surface area contributed by atoms with Gasteiger partial charge < -0.3 is 9.47 Å². The predicted octanol–water partition coefficient (Wildman–Crippen LogP) is 8.35. The lowest BCUT2D eigenvalue weighted by Gasteiger charge is -2.09. The first kappa shape index (κ1) is 22.8. The van der Waals surface area contributed by atoms with Gasteiger partial charge in [0.15, 0.2) is 9.79 Å². The SMILES string of the molecule is CCCCOc1ccc([S+](c2ccc(OCCCC)cc2)c2cc3ccccc3s2)cc1. The van der Waals surface area contributed by atoms with E-state index in [-0.39, 0.29) is 10.9 Å². The average Bonchev–Trinajstić information content (AvgIpc) is 3.25. The number of hydrogen-bond donors (Lipinski definition) is 0. The third kappa shape index (κ3) is 5.67. The van der Waals surface area contributed by atoms with E-state index in [1.165, 1.54) is 24.1 Å². The van der Waals surface area contributed by atoms with Gasteiger partial charge in [-0.1, -0.05) is 56.2 Å². The second kappa shape index (κ2) is 11.4. The number of benzene rings is 3. The average molecular weight is 464 g/mol. The number of rotatable bonds is 11. The molecule has 4 heteroatoms. The minimum Gasteiger partial charge on any atom is -0.494 e. The van der Waals surface area contributed by atoms with Gasteiger partial charge in [0.05, 0.1) is 13.2 Å². The van der Waals surface area contributed by atoms with Gasteiger partial charge in [-0.25, -0.2) is 0 Å². The Labute approximate surface area is 198 Å². The molecule has 0 aliphatic carbocycles. The summed E-state index contributed by atoms with van der Waals surface area (Å²) in [7, 11) is -0.171. The third-order valence-electron chi connectivity index (χ3n) is 5.26. The van der Waals surface area contributed by atoms with Gasteiger partial charge in [0.25, 0.3) is 0 Å². The van der Waals surface area contributed by atoms with Crippen LogP contribution in [0.1, 0.15) is 39.5 Å². The van der Waals surface area contributed by atoms with E-state index in [9.17, 15) is 0 Å². The van der Waals surface area contributed by atoms with Crippen LogP contribution >= 0.6 is 11.3 Å². The van der Waals surface area contributed by atoms with Gasteiger partial charge in [0, 0.05) is 10.8 Å². The Morgan fingerprint density at radius 3 is 1.72 bits per heavy atom. The second-order valence-corrected chi connectivity index (χ2v) is 11.1. The molecule has 0 unspecified atom stereocenters. The monoisotopic (exact) mass is 463 g/mol. The van der Waals surface area contributed by atoms with E-state index in [0.717, 1.165) is 50.4 Å². The van der Waals surface area contributed by atoms with Gasteiger partial charge >= 0.3 is 0 Å². The summed E-state index contributed by atoms with van der Waals surface area (Å²) in [5.41, 5.74) is 0. The Bertz CT molecular complexity index is 1010. The fraction of sp³-hybridized carbons (Fsp3) is 0.286. The minimum atomic E-state index is -0.171. The highest BCUT2D eigenvalue weighted by Crippen LogP contribution is 2.39. The number of unbranched alkanes of at least 4 members (excludes halogenated alkanes) is 2. The first-order valence-corrected chi connectivity index (χ1v) is 13.5. The van der Waals surface area contributed by atoms with Crippen molar-refractivity contribution >= 4 is 32.3 Å². The van der Waals surface area contributed by atoms with Crippen molar-refractivity contribution in [3.8, 4) is 11.5 Å². The van der Waals surface area contributed by atoms with E-state index >= 15 is 0 Å². The van der Waals surface area contributed by atoms with Crippen molar-refractivity contribution in [2.75, 3.05) is 13.2 Å². The molecule has 4 rings (SSSR count). The summed E-state index contributed by atoms with van der Waals surface area (Å²) < 4.78 is 14.5. The molecule has 1 heterocycles. The quantitative estimate of drug-likeness (QED) is 0.164. The van der Waals surface area contributed by atoms with Crippen LogP contribution in [0.25, 0.3) is 10.1 Å². The molecule has 0 saturated carbocycles. The van der Waals surface area contributed by atoms with E-state index in [1.54, 1.807) is 0 Å². The molecule has 32 heavy (non-hydrogen) atoms. The molecule has 0 radical (unpaired) electrons.